The van der Waals surface area contributed by atoms with E-state index in [2.05, 4.69) is 51.3 Å². The van der Waals surface area contributed by atoms with Crippen molar-refractivity contribution in [2.24, 2.45) is 0 Å². The number of morpholine rings is 1. The standard InChI is InChI=1S/C13H19BrN2O/c1-11-10-12(2-3-13(11)14)15-4-5-16-6-8-17-9-7-16/h2-3,10,15H,4-9H2,1H3. The Balaban J connectivity index is 1.75. The average Bonchev–Trinajstić information content (AvgIpc) is 2.35. The molecule has 1 saturated heterocycles. The molecule has 1 fully saturated rings. The highest BCUT2D eigenvalue weighted by Crippen LogP contribution is 2.19. The Labute approximate surface area is 111 Å². The van der Waals surface area contributed by atoms with E-state index in [1.807, 2.05) is 0 Å². The van der Waals surface area contributed by atoms with Gasteiger partial charge in [-0.15, -0.1) is 0 Å². The summed E-state index contributed by atoms with van der Waals surface area (Å²) in [5, 5.41) is 3.46. The number of anilines is 1. The van der Waals surface area contributed by atoms with Crippen LogP contribution >= 0.6 is 15.9 Å². The first-order valence-electron chi connectivity index (χ1n) is 6.06. The van der Waals surface area contributed by atoms with Gasteiger partial charge in [0.2, 0.25) is 0 Å². The molecule has 1 aromatic carbocycles. The maximum absolute atomic E-state index is 5.33. The minimum Gasteiger partial charge on any atom is -0.384 e. The van der Waals surface area contributed by atoms with Gasteiger partial charge in [-0.25, -0.2) is 0 Å². The highest BCUT2D eigenvalue weighted by atomic mass is 79.9. The molecule has 94 valence electrons. The molecule has 0 atom stereocenters. The molecule has 1 N–H and O–H groups in total. The second-order valence-corrected chi connectivity index (χ2v) is 5.20. The zero-order chi connectivity index (χ0) is 12.1. The van der Waals surface area contributed by atoms with Crippen LogP contribution in [0, 0.1) is 6.92 Å². The fourth-order valence-corrected chi connectivity index (χ4v) is 2.18. The van der Waals surface area contributed by atoms with Crippen molar-refractivity contribution >= 4 is 21.6 Å². The summed E-state index contributed by atoms with van der Waals surface area (Å²) < 4.78 is 6.49. The van der Waals surface area contributed by atoms with E-state index in [-0.39, 0.29) is 0 Å². The summed E-state index contributed by atoms with van der Waals surface area (Å²) in [6.45, 7) is 8.04. The fraction of sp³-hybridized carbons (Fsp3) is 0.538. The molecule has 0 saturated carbocycles. The zero-order valence-electron chi connectivity index (χ0n) is 10.2. The van der Waals surface area contributed by atoms with Crippen molar-refractivity contribution < 1.29 is 4.74 Å². The van der Waals surface area contributed by atoms with Gasteiger partial charge in [0.25, 0.3) is 0 Å². The number of benzene rings is 1. The maximum Gasteiger partial charge on any atom is 0.0594 e. The molecule has 0 aromatic heterocycles. The third kappa shape index (κ3) is 3.98. The molecule has 0 amide bonds. The summed E-state index contributed by atoms with van der Waals surface area (Å²) in [5.41, 5.74) is 2.46. The van der Waals surface area contributed by atoms with E-state index in [0.29, 0.717) is 0 Å². The molecular weight excluding hydrogens is 280 g/mol. The van der Waals surface area contributed by atoms with Gasteiger partial charge < -0.3 is 10.1 Å². The summed E-state index contributed by atoms with van der Waals surface area (Å²) in [6.07, 6.45) is 0. The molecule has 1 heterocycles. The van der Waals surface area contributed by atoms with Crippen LogP contribution < -0.4 is 5.32 Å². The lowest BCUT2D eigenvalue weighted by Gasteiger charge is -2.26. The van der Waals surface area contributed by atoms with Gasteiger partial charge in [-0.1, -0.05) is 15.9 Å². The SMILES string of the molecule is Cc1cc(NCCN2CCOCC2)ccc1Br. The number of ether oxygens (including phenoxy) is 1. The van der Waals surface area contributed by atoms with Gasteiger partial charge in [0.05, 0.1) is 13.2 Å². The highest BCUT2D eigenvalue weighted by molar-refractivity contribution is 9.10. The number of rotatable bonds is 4. The van der Waals surface area contributed by atoms with Crippen molar-refractivity contribution in [3.63, 3.8) is 0 Å². The first-order valence-corrected chi connectivity index (χ1v) is 6.85. The third-order valence-corrected chi connectivity index (χ3v) is 3.91. The number of hydrogen-bond acceptors (Lipinski definition) is 3. The van der Waals surface area contributed by atoms with Crippen LogP contribution in [0.3, 0.4) is 0 Å². The molecule has 0 spiro atoms. The number of hydrogen-bond donors (Lipinski definition) is 1. The minimum absolute atomic E-state index is 0.872. The predicted molar refractivity (Wildman–Crippen MR) is 74.6 cm³/mol. The first-order chi connectivity index (χ1) is 8.25. The fourth-order valence-electron chi connectivity index (χ4n) is 1.94. The second-order valence-electron chi connectivity index (χ2n) is 4.34. The summed E-state index contributed by atoms with van der Waals surface area (Å²) in [7, 11) is 0. The monoisotopic (exact) mass is 298 g/mol. The topological polar surface area (TPSA) is 24.5 Å². The lowest BCUT2D eigenvalue weighted by Crippen LogP contribution is -2.39. The van der Waals surface area contributed by atoms with E-state index >= 15 is 0 Å². The van der Waals surface area contributed by atoms with Crippen LogP contribution in [0.5, 0.6) is 0 Å². The van der Waals surface area contributed by atoms with E-state index in [9.17, 15) is 0 Å². The molecule has 4 heteroatoms. The number of nitrogens with zero attached hydrogens (tertiary/aromatic N) is 1. The second kappa shape index (κ2) is 6.38. The van der Waals surface area contributed by atoms with Crippen molar-refractivity contribution in [3.8, 4) is 0 Å². The van der Waals surface area contributed by atoms with Gasteiger partial charge in [0.15, 0.2) is 0 Å². The Morgan fingerprint density at radius 1 is 1.35 bits per heavy atom. The Kier molecular flexibility index (Phi) is 4.83. The van der Waals surface area contributed by atoms with E-state index in [4.69, 9.17) is 4.74 Å². The third-order valence-electron chi connectivity index (χ3n) is 3.02. The predicted octanol–water partition coefficient (Wildman–Crippen LogP) is 2.50. The van der Waals surface area contributed by atoms with Gasteiger partial charge in [0, 0.05) is 36.3 Å². The Morgan fingerprint density at radius 3 is 2.82 bits per heavy atom. The normalized spacial score (nSPS) is 17.1. The molecule has 17 heavy (non-hydrogen) atoms. The van der Waals surface area contributed by atoms with E-state index in [1.165, 1.54) is 11.3 Å². The van der Waals surface area contributed by atoms with Gasteiger partial charge >= 0.3 is 0 Å². The largest absolute Gasteiger partial charge is 0.384 e. The van der Waals surface area contributed by atoms with Gasteiger partial charge in [0.1, 0.15) is 0 Å². The van der Waals surface area contributed by atoms with Crippen molar-refractivity contribution in [2.75, 3.05) is 44.7 Å². The van der Waals surface area contributed by atoms with Crippen LogP contribution in [0.25, 0.3) is 0 Å². The summed E-state index contributed by atoms with van der Waals surface area (Å²) in [6, 6.07) is 6.37. The Hall–Kier alpha value is -0.580. The smallest absolute Gasteiger partial charge is 0.0594 e. The summed E-state index contributed by atoms with van der Waals surface area (Å²) in [4.78, 5) is 2.43. The summed E-state index contributed by atoms with van der Waals surface area (Å²) >= 11 is 3.51. The quantitative estimate of drug-likeness (QED) is 0.924. The lowest BCUT2D eigenvalue weighted by molar-refractivity contribution is 0.0398. The highest BCUT2D eigenvalue weighted by Gasteiger charge is 2.09. The molecule has 1 aliphatic rings. The number of aryl methyl sites for hydroxylation is 1. The van der Waals surface area contributed by atoms with Gasteiger partial charge in [-0.3, -0.25) is 4.90 Å². The van der Waals surface area contributed by atoms with Crippen molar-refractivity contribution in [2.45, 2.75) is 6.92 Å². The first kappa shape index (κ1) is 12.9. The average molecular weight is 299 g/mol. The zero-order valence-corrected chi connectivity index (χ0v) is 11.8. The van der Waals surface area contributed by atoms with Crippen LogP contribution in [0.15, 0.2) is 22.7 Å². The van der Waals surface area contributed by atoms with Crippen LogP contribution in [-0.2, 0) is 4.74 Å². The number of nitrogens with one attached hydrogen (secondary N) is 1. The van der Waals surface area contributed by atoms with E-state index in [0.717, 1.165) is 43.9 Å². The minimum atomic E-state index is 0.872. The maximum atomic E-state index is 5.33. The lowest BCUT2D eigenvalue weighted by atomic mass is 10.2. The molecule has 0 radical (unpaired) electrons. The molecule has 0 bridgehead atoms. The Morgan fingerprint density at radius 2 is 2.12 bits per heavy atom. The van der Waals surface area contributed by atoms with E-state index in [1.54, 1.807) is 0 Å². The molecule has 1 aliphatic heterocycles. The molecule has 0 aliphatic carbocycles. The van der Waals surface area contributed by atoms with Crippen LogP contribution in [0.2, 0.25) is 0 Å². The molecular formula is C13H19BrN2O. The van der Waals surface area contributed by atoms with Gasteiger partial charge in [-0.2, -0.15) is 0 Å². The molecule has 2 rings (SSSR count). The Bertz CT molecular complexity index is 364. The number of halogens is 1. The molecule has 1 aromatic rings. The van der Waals surface area contributed by atoms with Gasteiger partial charge in [-0.05, 0) is 30.7 Å². The van der Waals surface area contributed by atoms with Crippen molar-refractivity contribution in [1.29, 1.82) is 0 Å². The van der Waals surface area contributed by atoms with E-state index < -0.39 is 0 Å². The van der Waals surface area contributed by atoms with Crippen molar-refractivity contribution in [1.82, 2.24) is 4.90 Å². The van der Waals surface area contributed by atoms with Crippen LogP contribution in [0.4, 0.5) is 5.69 Å². The summed E-state index contributed by atoms with van der Waals surface area (Å²) in [5.74, 6) is 0. The van der Waals surface area contributed by atoms with Crippen LogP contribution in [-0.4, -0.2) is 44.3 Å². The molecule has 0 unspecified atom stereocenters. The van der Waals surface area contributed by atoms with Crippen LogP contribution in [0.1, 0.15) is 5.56 Å². The van der Waals surface area contributed by atoms with Crippen molar-refractivity contribution in [3.05, 3.63) is 28.2 Å². The molecule has 3 nitrogen and oxygen atoms in total.